The largest absolute Gasteiger partial charge is 0.496 e. The van der Waals surface area contributed by atoms with E-state index in [1.54, 1.807) is 7.11 Å². The van der Waals surface area contributed by atoms with Crippen LogP contribution in [0.25, 0.3) is 0 Å². The van der Waals surface area contributed by atoms with Gasteiger partial charge in [-0.2, -0.15) is 14.0 Å². The van der Waals surface area contributed by atoms with Crippen molar-refractivity contribution in [3.8, 4) is 5.75 Å². The number of methoxy groups -OCH3 is 1. The number of hydrogen-bond donors (Lipinski definition) is 1. The third-order valence-corrected chi connectivity index (χ3v) is 3.73. The SMILES string of the molecule is COc1ccccc1C1OC(C)(C)c2ccccc21.[O-][Cl+3]([O-])([O-])O. The number of fused-ring (bicyclic) bond motifs is 1. The maximum Gasteiger partial charge on any atom is 0.125 e. The van der Waals surface area contributed by atoms with Gasteiger partial charge in [0.05, 0.1) is 27.6 Å². The molecule has 6 nitrogen and oxygen atoms in total. The molecule has 0 radical (unpaired) electrons. The first-order valence-corrected chi connectivity index (χ1v) is 8.43. The van der Waals surface area contributed by atoms with Crippen molar-refractivity contribution in [2.24, 2.45) is 0 Å². The lowest BCUT2D eigenvalue weighted by atomic mass is 9.93. The molecule has 1 N–H and O–H groups in total. The maximum absolute atomic E-state index is 8.60. The van der Waals surface area contributed by atoms with Gasteiger partial charge in [0, 0.05) is 5.56 Å². The Kier molecular flexibility index (Phi) is 5.49. The molecule has 0 bridgehead atoms. The minimum absolute atomic E-state index is 0.0534. The first-order valence-electron chi connectivity index (χ1n) is 7.17. The van der Waals surface area contributed by atoms with Crippen LogP contribution in [0.5, 0.6) is 5.75 Å². The van der Waals surface area contributed by atoms with Crippen molar-refractivity contribution >= 4 is 0 Å². The fourth-order valence-corrected chi connectivity index (χ4v) is 2.81. The number of rotatable bonds is 2. The normalized spacial score (nSPS) is 18.4. The number of benzene rings is 2. The highest BCUT2D eigenvalue weighted by atomic mass is 35.7. The van der Waals surface area contributed by atoms with E-state index >= 15 is 0 Å². The lowest BCUT2D eigenvalue weighted by Gasteiger charge is -2.21. The molecule has 130 valence electrons. The second-order valence-corrected chi connectivity index (χ2v) is 6.53. The fraction of sp³-hybridized carbons (Fsp3) is 0.294. The summed E-state index contributed by atoms with van der Waals surface area (Å²) in [4.78, 5) is 0. The van der Waals surface area contributed by atoms with E-state index < -0.39 is 10.2 Å². The van der Waals surface area contributed by atoms with Crippen molar-refractivity contribution in [1.82, 2.24) is 0 Å². The van der Waals surface area contributed by atoms with E-state index in [1.165, 1.54) is 11.1 Å². The second kappa shape index (κ2) is 7.06. The average Bonchev–Trinajstić information content (AvgIpc) is 2.78. The molecule has 0 aliphatic carbocycles. The van der Waals surface area contributed by atoms with E-state index in [1.807, 2.05) is 18.2 Å². The molecule has 7 heteroatoms. The first-order chi connectivity index (χ1) is 11.1. The molecule has 1 aliphatic heterocycles. The third kappa shape index (κ3) is 4.45. The molecule has 0 saturated carbocycles. The molecule has 0 amide bonds. The summed E-state index contributed by atoms with van der Waals surface area (Å²) in [6.07, 6.45) is -0.0534. The summed E-state index contributed by atoms with van der Waals surface area (Å²) >= 11 is 0. The first kappa shape index (κ1) is 18.7. The zero-order chi connectivity index (χ0) is 18.0. The summed E-state index contributed by atoms with van der Waals surface area (Å²) in [6, 6.07) is 16.5. The van der Waals surface area contributed by atoms with E-state index in [2.05, 4.69) is 44.2 Å². The zero-order valence-corrected chi connectivity index (χ0v) is 14.3. The summed E-state index contributed by atoms with van der Waals surface area (Å²) in [5.41, 5.74) is 3.31. The Bertz CT molecular complexity index is 689. The van der Waals surface area contributed by atoms with Crippen molar-refractivity contribution < 1.29 is 38.4 Å². The Labute approximate surface area is 142 Å². The van der Waals surface area contributed by atoms with Gasteiger partial charge in [0.1, 0.15) is 11.9 Å². The molecule has 0 spiro atoms. The highest BCUT2D eigenvalue weighted by molar-refractivity contribution is 5.47. The molecule has 1 unspecified atom stereocenters. The van der Waals surface area contributed by atoms with Gasteiger partial charge in [-0.15, -0.1) is 0 Å². The smallest absolute Gasteiger partial charge is 0.125 e. The van der Waals surface area contributed by atoms with Crippen molar-refractivity contribution in [3.63, 3.8) is 0 Å². The molecule has 2 aromatic carbocycles. The van der Waals surface area contributed by atoms with Crippen molar-refractivity contribution in [1.29, 1.82) is 0 Å². The van der Waals surface area contributed by atoms with Crippen molar-refractivity contribution in [2.75, 3.05) is 7.11 Å². The fourth-order valence-electron chi connectivity index (χ4n) is 2.81. The van der Waals surface area contributed by atoms with Crippen LogP contribution in [0.4, 0.5) is 0 Å². The lowest BCUT2D eigenvalue weighted by molar-refractivity contribution is -1.92. The summed E-state index contributed by atoms with van der Waals surface area (Å²) in [5.74, 6) is 0.875. The Balaban J connectivity index is 0.000000368. The van der Waals surface area contributed by atoms with E-state index in [4.69, 9.17) is 28.1 Å². The average molecular weight is 355 g/mol. The lowest BCUT2D eigenvalue weighted by Crippen LogP contribution is -2.58. The van der Waals surface area contributed by atoms with Gasteiger partial charge < -0.3 is 9.47 Å². The molecule has 0 saturated heterocycles. The molecule has 24 heavy (non-hydrogen) atoms. The van der Waals surface area contributed by atoms with Crippen LogP contribution in [0.3, 0.4) is 0 Å². The second-order valence-electron chi connectivity index (χ2n) is 5.73. The minimum Gasteiger partial charge on any atom is -0.496 e. The predicted octanol–water partition coefficient (Wildman–Crippen LogP) is -0.0741. The summed E-state index contributed by atoms with van der Waals surface area (Å²) in [5, 5.41) is 0. The van der Waals surface area contributed by atoms with E-state index in [-0.39, 0.29) is 11.7 Å². The van der Waals surface area contributed by atoms with Crippen LogP contribution in [-0.4, -0.2) is 11.8 Å². The topological polar surface area (TPSA) is 108 Å². The summed E-state index contributed by atoms with van der Waals surface area (Å²) < 4.78 is 44.5. The van der Waals surface area contributed by atoms with E-state index in [0.29, 0.717) is 0 Å². The Morgan fingerprint density at radius 2 is 1.50 bits per heavy atom. The number of para-hydroxylation sites is 1. The predicted molar refractivity (Wildman–Crippen MR) is 77.6 cm³/mol. The van der Waals surface area contributed by atoms with Crippen LogP contribution in [0, 0.1) is 10.2 Å². The molecule has 1 heterocycles. The van der Waals surface area contributed by atoms with E-state index in [9.17, 15) is 0 Å². The Morgan fingerprint density at radius 1 is 1.00 bits per heavy atom. The summed E-state index contributed by atoms with van der Waals surface area (Å²) in [6.45, 7) is 4.22. The van der Waals surface area contributed by atoms with Gasteiger partial charge >= 0.3 is 0 Å². The molecular weight excluding hydrogens is 336 g/mol. The van der Waals surface area contributed by atoms with Gasteiger partial charge in [0.25, 0.3) is 0 Å². The van der Waals surface area contributed by atoms with Crippen LogP contribution < -0.4 is 18.7 Å². The minimum atomic E-state index is -4.69. The van der Waals surface area contributed by atoms with Crippen LogP contribution >= 0.6 is 0 Å². The molecule has 0 aromatic heterocycles. The third-order valence-electron chi connectivity index (χ3n) is 3.73. The number of halogens is 1. The van der Waals surface area contributed by atoms with Gasteiger partial charge in [0.2, 0.25) is 0 Å². The van der Waals surface area contributed by atoms with Gasteiger partial charge in [-0.3, -0.25) is 0 Å². The standard InChI is InChI=1S/C17H18O2.ClHO4/c1-17(2)14-10-6-4-8-12(14)16(19-17)13-9-5-7-11-15(13)18-3;2-1(3,4)5/h4-11,16H,1-3H3;(H,2,3,4,5). The highest BCUT2D eigenvalue weighted by Gasteiger charge is 2.39. The molecule has 1 atom stereocenters. The Hall–Kier alpha value is -1.67. The molecular formula is C17H19ClO6. The number of hydrogen-bond acceptors (Lipinski definition) is 6. The molecule has 2 aromatic rings. The Morgan fingerprint density at radius 3 is 2.08 bits per heavy atom. The molecule has 1 aliphatic rings. The summed E-state index contributed by atoms with van der Waals surface area (Å²) in [7, 11) is -3.00. The quantitative estimate of drug-likeness (QED) is 0.808. The monoisotopic (exact) mass is 354 g/mol. The highest BCUT2D eigenvalue weighted by Crippen LogP contribution is 2.47. The van der Waals surface area contributed by atoms with Crippen molar-refractivity contribution in [3.05, 3.63) is 65.2 Å². The van der Waals surface area contributed by atoms with Gasteiger partial charge in [-0.25, -0.2) is 0 Å². The van der Waals surface area contributed by atoms with Crippen LogP contribution in [0.15, 0.2) is 48.5 Å². The molecule has 3 rings (SSSR count). The maximum atomic E-state index is 8.60. The van der Waals surface area contributed by atoms with Crippen molar-refractivity contribution in [2.45, 2.75) is 25.6 Å². The van der Waals surface area contributed by atoms with Crippen LogP contribution in [-0.2, 0) is 10.3 Å². The van der Waals surface area contributed by atoms with Gasteiger partial charge in [-0.1, -0.05) is 42.5 Å². The van der Waals surface area contributed by atoms with Gasteiger partial charge in [0.15, 0.2) is 0 Å². The zero-order valence-electron chi connectivity index (χ0n) is 13.6. The van der Waals surface area contributed by atoms with Gasteiger partial charge in [-0.05, 0) is 31.0 Å². The molecule has 0 fully saturated rings. The van der Waals surface area contributed by atoms with Crippen LogP contribution in [0.1, 0.15) is 36.6 Å². The number of ether oxygens (including phenoxy) is 2. The van der Waals surface area contributed by atoms with E-state index in [0.717, 1.165) is 11.3 Å². The van der Waals surface area contributed by atoms with Crippen LogP contribution in [0.2, 0.25) is 0 Å².